The average Bonchev–Trinajstić information content (AvgIpc) is 2.82. The molecule has 0 saturated carbocycles. The molecule has 0 amide bonds. The lowest BCUT2D eigenvalue weighted by molar-refractivity contribution is -0.138. The zero-order valence-corrected chi connectivity index (χ0v) is 19.8. The third kappa shape index (κ3) is 8.01. The van der Waals surface area contributed by atoms with Crippen LogP contribution in [0.3, 0.4) is 0 Å². The number of unbranched alkanes of at least 4 members (excludes halogenated alkanes) is 1. The van der Waals surface area contributed by atoms with Crippen molar-refractivity contribution in [3.63, 3.8) is 0 Å². The Morgan fingerprint density at radius 1 is 1.18 bits per heavy atom. The third-order valence-electron chi connectivity index (χ3n) is 5.88. The second kappa shape index (κ2) is 12.0. The van der Waals surface area contributed by atoms with Crippen LogP contribution in [-0.2, 0) is 21.2 Å². The summed E-state index contributed by atoms with van der Waals surface area (Å²) in [5, 5.41) is 9.44. The van der Waals surface area contributed by atoms with E-state index in [1.54, 1.807) is 12.1 Å². The summed E-state index contributed by atoms with van der Waals surface area (Å²) < 4.78 is 32.4. The molecule has 33 heavy (non-hydrogen) atoms. The number of aliphatic carboxylic acids is 1. The summed E-state index contributed by atoms with van der Waals surface area (Å²) in [6, 6.07) is 10.1. The topological polar surface area (TPSA) is 109 Å². The van der Waals surface area contributed by atoms with E-state index < -0.39 is 22.0 Å². The lowest BCUT2D eigenvalue weighted by atomic mass is 9.97. The van der Waals surface area contributed by atoms with Gasteiger partial charge >= 0.3 is 5.97 Å². The standard InChI is InChI=1S/C24H33N3O5S/c1-2-3-16-33(30,31)26-23(24(28)29)17-19-4-6-22(7-5-19)32-18-20-10-14-27(15-11-20)21-8-12-25-13-9-21/h4-9,12-13,20,23,26H,2-3,10-11,14-18H2,1H3,(H,28,29). The predicted molar refractivity (Wildman–Crippen MR) is 128 cm³/mol. The highest BCUT2D eigenvalue weighted by Crippen LogP contribution is 2.24. The van der Waals surface area contributed by atoms with Crippen molar-refractivity contribution >= 4 is 21.7 Å². The lowest BCUT2D eigenvalue weighted by Crippen LogP contribution is -2.43. The smallest absolute Gasteiger partial charge is 0.322 e. The Hall–Kier alpha value is -2.65. The highest BCUT2D eigenvalue weighted by atomic mass is 32.2. The summed E-state index contributed by atoms with van der Waals surface area (Å²) in [7, 11) is -3.62. The Morgan fingerprint density at radius 2 is 1.85 bits per heavy atom. The summed E-state index contributed by atoms with van der Waals surface area (Å²) in [5.41, 5.74) is 1.94. The van der Waals surface area contributed by atoms with Gasteiger partial charge in [0, 0.05) is 31.2 Å². The van der Waals surface area contributed by atoms with Gasteiger partial charge in [0.05, 0.1) is 12.4 Å². The second-order valence-electron chi connectivity index (χ2n) is 8.48. The fourth-order valence-corrected chi connectivity index (χ4v) is 5.28. The molecule has 0 spiro atoms. The van der Waals surface area contributed by atoms with Crippen LogP contribution in [0.4, 0.5) is 5.69 Å². The molecule has 9 heteroatoms. The summed E-state index contributed by atoms with van der Waals surface area (Å²) in [6.45, 7) is 4.50. The van der Waals surface area contributed by atoms with Gasteiger partial charge in [-0.3, -0.25) is 9.78 Å². The molecular formula is C24H33N3O5S. The summed E-state index contributed by atoms with van der Waals surface area (Å²) in [5.74, 6) is -0.0439. The average molecular weight is 476 g/mol. The molecule has 1 aromatic carbocycles. The quantitative estimate of drug-likeness (QED) is 0.485. The van der Waals surface area contributed by atoms with E-state index in [9.17, 15) is 18.3 Å². The minimum atomic E-state index is -3.62. The van der Waals surface area contributed by atoms with Crippen LogP contribution in [0.15, 0.2) is 48.8 Å². The summed E-state index contributed by atoms with van der Waals surface area (Å²) in [6.07, 6.45) is 7.04. The minimum absolute atomic E-state index is 0.0679. The van der Waals surface area contributed by atoms with Crippen LogP contribution in [-0.4, -0.2) is 56.0 Å². The van der Waals surface area contributed by atoms with Gasteiger partial charge in [-0.05, 0) is 61.4 Å². The van der Waals surface area contributed by atoms with Crippen LogP contribution in [0, 0.1) is 5.92 Å². The Morgan fingerprint density at radius 3 is 2.45 bits per heavy atom. The fraction of sp³-hybridized carbons (Fsp3) is 0.500. The zero-order chi connectivity index (χ0) is 23.7. The van der Waals surface area contributed by atoms with Crippen molar-refractivity contribution in [2.45, 2.75) is 45.1 Å². The van der Waals surface area contributed by atoms with E-state index in [0.29, 0.717) is 18.9 Å². The highest BCUT2D eigenvalue weighted by Gasteiger charge is 2.24. The fourth-order valence-electron chi connectivity index (χ4n) is 3.87. The first kappa shape index (κ1) is 25.0. The van der Waals surface area contributed by atoms with Crippen molar-refractivity contribution in [2.75, 3.05) is 30.3 Å². The monoisotopic (exact) mass is 475 g/mol. The Kier molecular flexibility index (Phi) is 9.08. The Balaban J connectivity index is 1.46. The Labute approximate surface area is 196 Å². The number of hydrogen-bond donors (Lipinski definition) is 2. The number of sulfonamides is 1. The molecule has 180 valence electrons. The number of carboxylic acids is 1. The number of carbonyl (C=O) groups is 1. The van der Waals surface area contributed by atoms with Gasteiger partial charge in [-0.15, -0.1) is 0 Å². The molecule has 1 unspecified atom stereocenters. The van der Waals surface area contributed by atoms with Crippen molar-refractivity contribution < 1.29 is 23.1 Å². The number of nitrogens with zero attached hydrogens (tertiary/aromatic N) is 2. The third-order valence-corrected chi connectivity index (χ3v) is 7.35. The molecule has 2 heterocycles. The van der Waals surface area contributed by atoms with Gasteiger partial charge in [-0.1, -0.05) is 25.5 Å². The maximum atomic E-state index is 12.1. The van der Waals surface area contributed by atoms with E-state index >= 15 is 0 Å². The van der Waals surface area contributed by atoms with Crippen LogP contribution in [0.25, 0.3) is 0 Å². The van der Waals surface area contributed by atoms with Gasteiger partial charge in [0.25, 0.3) is 0 Å². The molecule has 2 aromatic rings. The maximum Gasteiger partial charge on any atom is 0.322 e. The summed E-state index contributed by atoms with van der Waals surface area (Å²) >= 11 is 0. The van der Waals surface area contributed by atoms with E-state index in [-0.39, 0.29) is 12.2 Å². The molecule has 0 aliphatic carbocycles. The van der Waals surface area contributed by atoms with Crippen LogP contribution >= 0.6 is 0 Å². The van der Waals surface area contributed by atoms with Gasteiger partial charge in [-0.2, -0.15) is 0 Å². The van der Waals surface area contributed by atoms with E-state index in [2.05, 4.69) is 14.6 Å². The van der Waals surface area contributed by atoms with E-state index in [1.807, 2.05) is 43.6 Å². The van der Waals surface area contributed by atoms with E-state index in [1.165, 1.54) is 5.69 Å². The van der Waals surface area contributed by atoms with Gasteiger partial charge in [-0.25, -0.2) is 13.1 Å². The number of carboxylic acid groups (broad SMARTS) is 1. The van der Waals surface area contributed by atoms with E-state index in [4.69, 9.17) is 4.74 Å². The van der Waals surface area contributed by atoms with Crippen molar-refractivity contribution in [2.24, 2.45) is 5.92 Å². The molecule has 1 aliphatic rings. The van der Waals surface area contributed by atoms with Gasteiger partial charge in [0.2, 0.25) is 10.0 Å². The zero-order valence-electron chi connectivity index (χ0n) is 19.0. The molecule has 3 rings (SSSR count). The lowest BCUT2D eigenvalue weighted by Gasteiger charge is -2.33. The number of anilines is 1. The number of hydrogen-bond acceptors (Lipinski definition) is 6. The molecule has 1 aliphatic heterocycles. The van der Waals surface area contributed by atoms with Crippen LogP contribution in [0.5, 0.6) is 5.75 Å². The number of rotatable bonds is 12. The van der Waals surface area contributed by atoms with Crippen molar-refractivity contribution in [1.82, 2.24) is 9.71 Å². The number of aromatic nitrogens is 1. The molecule has 1 atom stereocenters. The molecule has 0 radical (unpaired) electrons. The Bertz CT molecular complexity index is 975. The van der Waals surface area contributed by atoms with Gasteiger partial charge in [0.15, 0.2) is 0 Å². The number of piperidine rings is 1. The second-order valence-corrected chi connectivity index (χ2v) is 10.3. The van der Waals surface area contributed by atoms with E-state index in [0.717, 1.165) is 43.7 Å². The number of ether oxygens (including phenoxy) is 1. The first-order chi connectivity index (χ1) is 15.9. The first-order valence-electron chi connectivity index (χ1n) is 11.5. The number of pyridine rings is 1. The molecule has 1 fully saturated rings. The van der Waals surface area contributed by atoms with Crippen molar-refractivity contribution in [3.05, 3.63) is 54.4 Å². The molecule has 8 nitrogen and oxygen atoms in total. The SMILES string of the molecule is CCCCS(=O)(=O)NC(Cc1ccc(OCC2CCN(c3ccncc3)CC2)cc1)C(=O)O. The number of nitrogens with one attached hydrogen (secondary N) is 1. The minimum Gasteiger partial charge on any atom is -0.493 e. The molecule has 0 bridgehead atoms. The van der Waals surface area contributed by atoms with Gasteiger partial charge < -0.3 is 14.7 Å². The van der Waals surface area contributed by atoms with Gasteiger partial charge in [0.1, 0.15) is 11.8 Å². The summed E-state index contributed by atoms with van der Waals surface area (Å²) in [4.78, 5) is 18.0. The largest absolute Gasteiger partial charge is 0.493 e. The first-order valence-corrected chi connectivity index (χ1v) is 13.1. The highest BCUT2D eigenvalue weighted by molar-refractivity contribution is 7.89. The van der Waals surface area contributed by atoms with Crippen LogP contribution < -0.4 is 14.4 Å². The van der Waals surface area contributed by atoms with Crippen LogP contribution in [0.1, 0.15) is 38.2 Å². The maximum absolute atomic E-state index is 12.1. The normalized spacial score (nSPS) is 15.8. The van der Waals surface area contributed by atoms with Crippen molar-refractivity contribution in [1.29, 1.82) is 0 Å². The van der Waals surface area contributed by atoms with Crippen LogP contribution in [0.2, 0.25) is 0 Å². The molecule has 1 saturated heterocycles. The predicted octanol–water partition coefficient (Wildman–Crippen LogP) is 3.09. The number of benzene rings is 1. The molecule has 2 N–H and O–H groups in total. The molecular weight excluding hydrogens is 442 g/mol. The molecule has 1 aromatic heterocycles. The van der Waals surface area contributed by atoms with Crippen molar-refractivity contribution in [3.8, 4) is 5.75 Å².